The molecule has 0 saturated carbocycles. The summed E-state index contributed by atoms with van der Waals surface area (Å²) < 4.78 is 0. The summed E-state index contributed by atoms with van der Waals surface area (Å²) >= 11 is 6.17. The van der Waals surface area contributed by atoms with Gasteiger partial charge in [-0.05, 0) is 36.2 Å². The SMILES string of the molecule is Cc1cc2[nH]c3cccc(CC(=O)O)c3c2cc1Cl. The van der Waals surface area contributed by atoms with Gasteiger partial charge in [0.15, 0.2) is 0 Å². The van der Waals surface area contributed by atoms with Crippen LogP contribution in [0.3, 0.4) is 0 Å². The second-order valence-electron chi connectivity index (χ2n) is 4.68. The fourth-order valence-corrected chi connectivity index (χ4v) is 2.63. The van der Waals surface area contributed by atoms with Gasteiger partial charge in [-0.15, -0.1) is 0 Å². The van der Waals surface area contributed by atoms with Crippen molar-refractivity contribution in [3.05, 3.63) is 46.5 Å². The van der Waals surface area contributed by atoms with E-state index < -0.39 is 5.97 Å². The maximum absolute atomic E-state index is 11.0. The number of aromatic amines is 1. The van der Waals surface area contributed by atoms with Gasteiger partial charge in [-0.2, -0.15) is 0 Å². The van der Waals surface area contributed by atoms with Crippen molar-refractivity contribution < 1.29 is 9.90 Å². The molecule has 2 N–H and O–H groups in total. The summed E-state index contributed by atoms with van der Waals surface area (Å²) in [6.07, 6.45) is 0.00971. The number of nitrogens with one attached hydrogen (secondary N) is 1. The van der Waals surface area contributed by atoms with Crippen LogP contribution in [-0.4, -0.2) is 16.1 Å². The molecule has 0 aliphatic heterocycles. The number of halogens is 1. The molecule has 96 valence electrons. The highest BCUT2D eigenvalue weighted by atomic mass is 35.5. The molecule has 0 radical (unpaired) electrons. The van der Waals surface area contributed by atoms with Gasteiger partial charge in [0.2, 0.25) is 0 Å². The molecule has 0 bridgehead atoms. The van der Waals surface area contributed by atoms with Gasteiger partial charge in [0.1, 0.15) is 0 Å². The van der Waals surface area contributed by atoms with Crippen LogP contribution in [0.25, 0.3) is 21.8 Å². The largest absolute Gasteiger partial charge is 0.481 e. The van der Waals surface area contributed by atoms with Crippen molar-refractivity contribution in [1.29, 1.82) is 0 Å². The normalized spacial score (nSPS) is 11.3. The summed E-state index contributed by atoms with van der Waals surface area (Å²) in [7, 11) is 0. The summed E-state index contributed by atoms with van der Waals surface area (Å²) in [6, 6.07) is 9.55. The lowest BCUT2D eigenvalue weighted by Gasteiger charge is -2.02. The first-order chi connectivity index (χ1) is 9.06. The van der Waals surface area contributed by atoms with Crippen molar-refractivity contribution in [3.8, 4) is 0 Å². The van der Waals surface area contributed by atoms with Gasteiger partial charge in [0.25, 0.3) is 0 Å². The number of carboxylic acid groups (broad SMARTS) is 1. The Morgan fingerprint density at radius 1 is 1.32 bits per heavy atom. The van der Waals surface area contributed by atoms with E-state index in [0.29, 0.717) is 5.02 Å². The number of H-pyrrole nitrogens is 1. The minimum Gasteiger partial charge on any atom is -0.481 e. The van der Waals surface area contributed by atoms with Crippen LogP contribution in [0.4, 0.5) is 0 Å². The van der Waals surface area contributed by atoms with Crippen LogP contribution < -0.4 is 0 Å². The van der Waals surface area contributed by atoms with E-state index in [1.807, 2.05) is 37.3 Å². The summed E-state index contributed by atoms with van der Waals surface area (Å²) in [5.41, 5.74) is 3.72. The average Bonchev–Trinajstić information content (AvgIpc) is 2.68. The smallest absolute Gasteiger partial charge is 0.307 e. The predicted octanol–water partition coefficient (Wildman–Crippen LogP) is 3.91. The number of hydrogen-bond donors (Lipinski definition) is 2. The Kier molecular flexibility index (Phi) is 2.72. The van der Waals surface area contributed by atoms with E-state index in [4.69, 9.17) is 16.7 Å². The average molecular weight is 274 g/mol. The maximum atomic E-state index is 11.0. The monoisotopic (exact) mass is 273 g/mol. The molecule has 0 aliphatic carbocycles. The summed E-state index contributed by atoms with van der Waals surface area (Å²) in [5, 5.41) is 11.6. The van der Waals surface area contributed by atoms with Crippen LogP contribution >= 0.6 is 11.6 Å². The molecule has 3 rings (SSSR count). The summed E-state index contributed by atoms with van der Waals surface area (Å²) in [4.78, 5) is 14.3. The molecule has 1 aromatic heterocycles. The van der Waals surface area contributed by atoms with Crippen molar-refractivity contribution in [2.45, 2.75) is 13.3 Å². The van der Waals surface area contributed by atoms with E-state index in [-0.39, 0.29) is 6.42 Å². The fraction of sp³-hybridized carbons (Fsp3) is 0.133. The Morgan fingerprint density at radius 3 is 2.84 bits per heavy atom. The second-order valence-corrected chi connectivity index (χ2v) is 5.09. The third kappa shape index (κ3) is 1.96. The number of aliphatic carboxylic acids is 1. The highest BCUT2D eigenvalue weighted by Gasteiger charge is 2.12. The first kappa shape index (κ1) is 12.1. The van der Waals surface area contributed by atoms with Crippen LogP contribution in [0, 0.1) is 6.92 Å². The molecule has 0 spiro atoms. The van der Waals surface area contributed by atoms with Crippen molar-refractivity contribution in [2.24, 2.45) is 0 Å². The molecular formula is C15H12ClNO2. The molecule has 0 amide bonds. The third-order valence-electron chi connectivity index (χ3n) is 3.33. The molecule has 0 fully saturated rings. The molecular weight excluding hydrogens is 262 g/mol. The van der Waals surface area contributed by atoms with Crippen molar-refractivity contribution in [3.63, 3.8) is 0 Å². The van der Waals surface area contributed by atoms with Gasteiger partial charge in [0, 0.05) is 26.8 Å². The highest BCUT2D eigenvalue weighted by molar-refractivity contribution is 6.32. The van der Waals surface area contributed by atoms with Gasteiger partial charge in [-0.1, -0.05) is 23.7 Å². The minimum absolute atomic E-state index is 0.00971. The molecule has 0 atom stereocenters. The standard InChI is InChI=1S/C15H12ClNO2/c1-8-5-13-10(7-11(8)16)15-9(6-14(18)19)3-2-4-12(15)17-13/h2-5,7,17H,6H2,1H3,(H,18,19). The van der Waals surface area contributed by atoms with Gasteiger partial charge in [-0.3, -0.25) is 4.79 Å². The molecule has 0 saturated heterocycles. The van der Waals surface area contributed by atoms with E-state index >= 15 is 0 Å². The first-order valence-electron chi connectivity index (χ1n) is 5.97. The maximum Gasteiger partial charge on any atom is 0.307 e. The zero-order valence-electron chi connectivity index (χ0n) is 10.3. The van der Waals surface area contributed by atoms with Crippen molar-refractivity contribution in [2.75, 3.05) is 0 Å². The van der Waals surface area contributed by atoms with Gasteiger partial charge in [-0.25, -0.2) is 0 Å². The molecule has 2 aromatic carbocycles. The third-order valence-corrected chi connectivity index (χ3v) is 3.74. The van der Waals surface area contributed by atoms with E-state index in [9.17, 15) is 4.79 Å². The number of fused-ring (bicyclic) bond motifs is 3. The van der Waals surface area contributed by atoms with Crippen LogP contribution in [0.5, 0.6) is 0 Å². The van der Waals surface area contributed by atoms with Crippen LogP contribution in [0.15, 0.2) is 30.3 Å². The van der Waals surface area contributed by atoms with Gasteiger partial charge in [0.05, 0.1) is 6.42 Å². The van der Waals surface area contributed by atoms with E-state index in [2.05, 4.69) is 4.98 Å². The van der Waals surface area contributed by atoms with Crippen LogP contribution in [0.1, 0.15) is 11.1 Å². The Labute approximate surface area is 114 Å². The van der Waals surface area contributed by atoms with E-state index in [1.165, 1.54) is 0 Å². The number of aromatic nitrogens is 1. The highest BCUT2D eigenvalue weighted by Crippen LogP contribution is 2.32. The Morgan fingerprint density at radius 2 is 2.11 bits per heavy atom. The van der Waals surface area contributed by atoms with E-state index in [0.717, 1.165) is 32.9 Å². The quantitative estimate of drug-likeness (QED) is 0.744. The Bertz CT molecular complexity index is 805. The number of benzene rings is 2. The van der Waals surface area contributed by atoms with Crippen LogP contribution in [0.2, 0.25) is 5.02 Å². The number of carbonyl (C=O) groups is 1. The molecule has 3 nitrogen and oxygen atoms in total. The Hall–Kier alpha value is -2.00. The molecule has 0 unspecified atom stereocenters. The molecule has 1 heterocycles. The zero-order chi connectivity index (χ0) is 13.6. The topological polar surface area (TPSA) is 53.1 Å². The summed E-state index contributed by atoms with van der Waals surface area (Å²) in [5.74, 6) is -0.833. The van der Waals surface area contributed by atoms with Gasteiger partial charge < -0.3 is 10.1 Å². The first-order valence-corrected chi connectivity index (χ1v) is 6.35. The van der Waals surface area contributed by atoms with Gasteiger partial charge >= 0.3 is 5.97 Å². The van der Waals surface area contributed by atoms with Crippen molar-refractivity contribution in [1.82, 2.24) is 4.98 Å². The Balaban J connectivity index is 2.40. The fourth-order valence-electron chi connectivity index (χ4n) is 2.47. The number of hydrogen-bond acceptors (Lipinski definition) is 1. The number of carboxylic acids is 1. The lowest BCUT2D eigenvalue weighted by atomic mass is 10.0. The zero-order valence-corrected chi connectivity index (χ0v) is 11.1. The molecule has 19 heavy (non-hydrogen) atoms. The molecule has 4 heteroatoms. The van der Waals surface area contributed by atoms with Crippen molar-refractivity contribution >= 4 is 39.4 Å². The second kappa shape index (κ2) is 4.28. The number of rotatable bonds is 2. The lowest BCUT2D eigenvalue weighted by Crippen LogP contribution is -2.00. The lowest BCUT2D eigenvalue weighted by molar-refractivity contribution is -0.136. The molecule has 3 aromatic rings. The predicted molar refractivity (Wildman–Crippen MR) is 76.9 cm³/mol. The van der Waals surface area contributed by atoms with E-state index in [1.54, 1.807) is 0 Å². The molecule has 0 aliphatic rings. The minimum atomic E-state index is -0.833. The van der Waals surface area contributed by atoms with Crippen LogP contribution in [-0.2, 0) is 11.2 Å². The number of aryl methyl sites for hydroxylation is 1. The summed E-state index contributed by atoms with van der Waals surface area (Å²) in [6.45, 7) is 1.95.